The third-order valence-electron chi connectivity index (χ3n) is 7.99. The molecule has 3 heterocycles. The molecular formula is C31H34N6. The fraction of sp³-hybridized carbons (Fsp3) is 0.323. The van der Waals surface area contributed by atoms with Crippen molar-refractivity contribution in [3.05, 3.63) is 88.8 Å². The molecule has 0 aliphatic carbocycles. The molecule has 0 spiro atoms. The molecule has 0 aliphatic heterocycles. The normalized spacial score (nSPS) is 12.1. The van der Waals surface area contributed by atoms with Gasteiger partial charge in [-0.1, -0.05) is 20.8 Å². The summed E-state index contributed by atoms with van der Waals surface area (Å²) < 4.78 is 6.78. The number of aryl methyl sites for hydroxylation is 6. The summed E-state index contributed by atoms with van der Waals surface area (Å²) >= 11 is 0. The third kappa shape index (κ3) is 3.66. The molecule has 0 aliphatic rings. The Balaban J connectivity index is 1.66. The van der Waals surface area contributed by atoms with Crippen molar-refractivity contribution in [3.8, 4) is 0 Å². The fourth-order valence-electron chi connectivity index (χ4n) is 5.76. The van der Waals surface area contributed by atoms with E-state index in [2.05, 4.69) is 91.6 Å². The minimum Gasteiger partial charge on any atom is -0.291 e. The van der Waals surface area contributed by atoms with Crippen LogP contribution in [0.15, 0.2) is 55.4 Å². The van der Waals surface area contributed by atoms with Gasteiger partial charge in [0, 0.05) is 0 Å². The van der Waals surface area contributed by atoms with Crippen LogP contribution >= 0.6 is 0 Å². The number of benzene rings is 3. The first kappa shape index (κ1) is 23.5. The van der Waals surface area contributed by atoms with Gasteiger partial charge < -0.3 is 0 Å². The molecule has 6 nitrogen and oxygen atoms in total. The predicted molar refractivity (Wildman–Crippen MR) is 151 cm³/mol. The summed E-state index contributed by atoms with van der Waals surface area (Å²) in [7, 11) is 0. The van der Waals surface area contributed by atoms with Crippen LogP contribution in [-0.4, -0.2) is 28.7 Å². The molecule has 0 radical (unpaired) electrons. The van der Waals surface area contributed by atoms with E-state index in [-0.39, 0.29) is 6.29 Å². The van der Waals surface area contributed by atoms with Crippen LogP contribution in [0.25, 0.3) is 33.1 Å². The average molecular weight is 491 g/mol. The minimum atomic E-state index is -0.245. The van der Waals surface area contributed by atoms with Crippen molar-refractivity contribution in [2.75, 3.05) is 0 Å². The second-order valence-corrected chi connectivity index (χ2v) is 10.2. The number of rotatable bonds is 6. The lowest BCUT2D eigenvalue weighted by Gasteiger charge is -2.24. The van der Waals surface area contributed by atoms with Gasteiger partial charge in [0.1, 0.15) is 0 Å². The second-order valence-electron chi connectivity index (χ2n) is 10.2. The van der Waals surface area contributed by atoms with Crippen LogP contribution in [0.5, 0.6) is 0 Å². The van der Waals surface area contributed by atoms with Crippen LogP contribution in [-0.2, 0) is 19.3 Å². The van der Waals surface area contributed by atoms with Gasteiger partial charge in [0.2, 0.25) is 0 Å². The van der Waals surface area contributed by atoms with Crippen LogP contribution in [0.3, 0.4) is 0 Å². The zero-order valence-corrected chi connectivity index (χ0v) is 22.6. The molecule has 0 saturated carbocycles. The lowest BCUT2D eigenvalue weighted by molar-refractivity contribution is 0.394. The first-order valence-corrected chi connectivity index (χ1v) is 13.3. The Morgan fingerprint density at radius 2 is 0.811 bits per heavy atom. The SMILES string of the molecule is CCc1cc2ncn(C(n3cnc4cc(CC)c(C)cc43)n3cnc4cc(CC)c(C)cc43)c2cc1C. The molecule has 0 bridgehead atoms. The van der Waals surface area contributed by atoms with Crippen molar-refractivity contribution >= 4 is 33.1 Å². The maximum atomic E-state index is 4.85. The minimum absolute atomic E-state index is 0.245. The summed E-state index contributed by atoms with van der Waals surface area (Å²) in [6.07, 6.45) is 8.63. The monoisotopic (exact) mass is 490 g/mol. The van der Waals surface area contributed by atoms with E-state index in [0.717, 1.165) is 52.4 Å². The van der Waals surface area contributed by atoms with Crippen LogP contribution in [0.1, 0.15) is 60.4 Å². The van der Waals surface area contributed by atoms with Gasteiger partial charge in [0.15, 0.2) is 6.29 Å². The van der Waals surface area contributed by atoms with E-state index < -0.39 is 0 Å². The van der Waals surface area contributed by atoms with Crippen molar-refractivity contribution < 1.29 is 0 Å². The van der Waals surface area contributed by atoms with E-state index in [9.17, 15) is 0 Å². The van der Waals surface area contributed by atoms with Crippen LogP contribution in [0.2, 0.25) is 0 Å². The molecule has 0 unspecified atom stereocenters. The summed E-state index contributed by atoms with van der Waals surface area (Å²) in [6.45, 7) is 13.2. The first-order chi connectivity index (χ1) is 17.9. The highest BCUT2D eigenvalue weighted by atomic mass is 15.4. The molecule has 188 valence electrons. The van der Waals surface area contributed by atoms with E-state index in [1.807, 2.05) is 19.0 Å². The van der Waals surface area contributed by atoms with Gasteiger partial charge in [0.05, 0.1) is 52.1 Å². The molecule has 0 fully saturated rings. The topological polar surface area (TPSA) is 53.5 Å². The Bertz CT molecular complexity index is 1570. The smallest absolute Gasteiger partial charge is 0.196 e. The Hall–Kier alpha value is -3.93. The lowest BCUT2D eigenvalue weighted by atomic mass is 10.1. The Morgan fingerprint density at radius 1 is 0.514 bits per heavy atom. The highest BCUT2D eigenvalue weighted by Gasteiger charge is 2.23. The van der Waals surface area contributed by atoms with Gasteiger partial charge >= 0.3 is 0 Å². The van der Waals surface area contributed by atoms with E-state index in [1.54, 1.807) is 0 Å². The molecule has 0 amide bonds. The van der Waals surface area contributed by atoms with Crippen LogP contribution in [0, 0.1) is 20.8 Å². The van der Waals surface area contributed by atoms with Crippen molar-refractivity contribution in [1.82, 2.24) is 28.7 Å². The number of imidazole rings is 3. The Morgan fingerprint density at radius 3 is 1.08 bits per heavy atom. The zero-order chi connectivity index (χ0) is 25.8. The molecule has 0 N–H and O–H groups in total. The van der Waals surface area contributed by atoms with E-state index in [0.29, 0.717) is 0 Å². The molecule has 6 aromatic rings. The first-order valence-electron chi connectivity index (χ1n) is 13.3. The molecule has 37 heavy (non-hydrogen) atoms. The molecule has 0 atom stereocenters. The van der Waals surface area contributed by atoms with Gasteiger partial charge in [-0.05, 0) is 110 Å². The highest BCUT2D eigenvalue weighted by molar-refractivity contribution is 5.81. The quantitative estimate of drug-likeness (QED) is 0.255. The van der Waals surface area contributed by atoms with Crippen molar-refractivity contribution in [1.29, 1.82) is 0 Å². The molecular weight excluding hydrogens is 456 g/mol. The van der Waals surface area contributed by atoms with Crippen molar-refractivity contribution in [2.24, 2.45) is 0 Å². The molecule has 3 aromatic carbocycles. The zero-order valence-electron chi connectivity index (χ0n) is 22.6. The summed E-state index contributed by atoms with van der Waals surface area (Å²) in [5.41, 5.74) is 14.2. The number of aromatic nitrogens is 6. The largest absolute Gasteiger partial charge is 0.291 e. The Kier molecular flexibility index (Phi) is 5.63. The summed E-state index contributed by atoms with van der Waals surface area (Å²) in [4.78, 5) is 14.6. The van der Waals surface area contributed by atoms with E-state index in [4.69, 9.17) is 15.0 Å². The van der Waals surface area contributed by atoms with Gasteiger partial charge in [0.25, 0.3) is 0 Å². The fourth-order valence-corrected chi connectivity index (χ4v) is 5.76. The average Bonchev–Trinajstić information content (AvgIpc) is 3.61. The van der Waals surface area contributed by atoms with Crippen molar-refractivity contribution in [3.63, 3.8) is 0 Å². The number of hydrogen-bond donors (Lipinski definition) is 0. The van der Waals surface area contributed by atoms with Crippen LogP contribution in [0.4, 0.5) is 0 Å². The van der Waals surface area contributed by atoms with Crippen LogP contribution < -0.4 is 0 Å². The van der Waals surface area contributed by atoms with E-state index in [1.165, 1.54) is 33.4 Å². The number of hydrogen-bond acceptors (Lipinski definition) is 3. The standard InChI is InChI=1S/C31H34N6/c1-7-22-13-25-28(10-19(22)4)35(16-32-25)31(36-17-33-26-14-23(8-2)20(5)11-29(26)36)37-18-34-27-15-24(9-3)21(6)12-30(27)37/h10-18,31H,7-9H2,1-6H3. The van der Waals surface area contributed by atoms with Gasteiger partial charge in [-0.3, -0.25) is 13.7 Å². The van der Waals surface area contributed by atoms with E-state index >= 15 is 0 Å². The van der Waals surface area contributed by atoms with Gasteiger partial charge in [-0.25, -0.2) is 15.0 Å². The molecule has 6 rings (SSSR count). The van der Waals surface area contributed by atoms with Crippen molar-refractivity contribution in [2.45, 2.75) is 67.1 Å². The number of nitrogens with zero attached hydrogens (tertiary/aromatic N) is 6. The number of fused-ring (bicyclic) bond motifs is 3. The molecule has 0 saturated heterocycles. The maximum Gasteiger partial charge on any atom is 0.196 e. The summed E-state index contributed by atoms with van der Waals surface area (Å²) in [5.74, 6) is 0. The molecule has 3 aromatic heterocycles. The van der Waals surface area contributed by atoms with Gasteiger partial charge in [-0.15, -0.1) is 0 Å². The molecule has 6 heteroatoms. The third-order valence-corrected chi connectivity index (χ3v) is 7.99. The summed E-state index contributed by atoms with van der Waals surface area (Å²) in [6, 6.07) is 13.5. The Labute approximate surface area is 217 Å². The highest BCUT2D eigenvalue weighted by Crippen LogP contribution is 2.31. The van der Waals surface area contributed by atoms with Gasteiger partial charge in [-0.2, -0.15) is 0 Å². The maximum absolute atomic E-state index is 4.85. The summed E-state index contributed by atoms with van der Waals surface area (Å²) in [5, 5.41) is 0. The lowest BCUT2D eigenvalue weighted by Crippen LogP contribution is -2.24. The predicted octanol–water partition coefficient (Wildman–Crippen LogP) is 6.90. The second kappa shape index (κ2) is 8.87.